The van der Waals surface area contributed by atoms with Gasteiger partial charge in [-0.2, -0.15) is 0 Å². The van der Waals surface area contributed by atoms with E-state index in [9.17, 15) is 4.79 Å². The van der Waals surface area contributed by atoms with Crippen LogP contribution in [0.3, 0.4) is 0 Å². The Bertz CT molecular complexity index is 404. The number of hydrogen-bond donors (Lipinski definition) is 2. The van der Waals surface area contributed by atoms with Gasteiger partial charge < -0.3 is 0 Å². The maximum absolute atomic E-state index is 11.3. The molecule has 0 bridgehead atoms. The number of nitrogens with zero attached hydrogens (tertiary/aromatic N) is 2. The molecule has 0 aliphatic carbocycles. The van der Waals surface area contributed by atoms with E-state index >= 15 is 0 Å². The molecule has 0 aromatic carbocycles. The Kier molecular flexibility index (Phi) is 4.28. The average molecular weight is 248 g/mol. The second-order valence-electron chi connectivity index (χ2n) is 4.69. The molecule has 1 fully saturated rings. The molecule has 1 aromatic rings. The summed E-state index contributed by atoms with van der Waals surface area (Å²) in [7, 11) is 0. The van der Waals surface area contributed by atoms with Crippen LogP contribution in [0.5, 0.6) is 0 Å². The molecule has 5 nitrogen and oxygen atoms in total. The third-order valence-corrected chi connectivity index (χ3v) is 3.55. The van der Waals surface area contributed by atoms with E-state index in [1.807, 2.05) is 6.07 Å². The zero-order chi connectivity index (χ0) is 13.0. The molecule has 1 amide bonds. The fourth-order valence-electron chi connectivity index (χ4n) is 2.51. The standard InChI is InChI=1S/C13H20N4O/c1-2-12-4-3-7-17(12)9-11-6-5-10(8-15-11)13(18)16-14/h5-6,8,12H,2-4,7,9,14H2,1H3,(H,16,18). The molecule has 2 heterocycles. The lowest BCUT2D eigenvalue weighted by Crippen LogP contribution is -2.30. The number of carbonyl (C=O) groups excluding carboxylic acids is 1. The summed E-state index contributed by atoms with van der Waals surface area (Å²) in [6.45, 7) is 4.24. The van der Waals surface area contributed by atoms with Gasteiger partial charge in [-0.3, -0.25) is 20.1 Å². The molecule has 1 aliphatic rings. The van der Waals surface area contributed by atoms with E-state index in [0.29, 0.717) is 11.6 Å². The van der Waals surface area contributed by atoms with Crippen molar-refractivity contribution in [1.82, 2.24) is 15.3 Å². The smallest absolute Gasteiger partial charge is 0.266 e. The van der Waals surface area contributed by atoms with Crippen molar-refractivity contribution in [3.8, 4) is 0 Å². The van der Waals surface area contributed by atoms with Crippen LogP contribution in [0.4, 0.5) is 0 Å². The molecule has 0 spiro atoms. The highest BCUT2D eigenvalue weighted by Gasteiger charge is 2.22. The molecule has 5 heteroatoms. The molecular formula is C13H20N4O. The lowest BCUT2D eigenvalue weighted by atomic mass is 10.1. The van der Waals surface area contributed by atoms with Gasteiger partial charge in [0.2, 0.25) is 0 Å². The van der Waals surface area contributed by atoms with Crippen molar-refractivity contribution in [3.63, 3.8) is 0 Å². The highest BCUT2D eigenvalue weighted by molar-refractivity contribution is 5.93. The van der Waals surface area contributed by atoms with Crippen LogP contribution in [-0.4, -0.2) is 28.4 Å². The molecule has 1 unspecified atom stereocenters. The van der Waals surface area contributed by atoms with Crippen LogP contribution in [0.15, 0.2) is 18.3 Å². The van der Waals surface area contributed by atoms with E-state index in [4.69, 9.17) is 5.84 Å². The fourth-order valence-corrected chi connectivity index (χ4v) is 2.51. The molecule has 18 heavy (non-hydrogen) atoms. The number of pyridine rings is 1. The number of amides is 1. The molecule has 1 aromatic heterocycles. The van der Waals surface area contributed by atoms with Gasteiger partial charge in [0.15, 0.2) is 0 Å². The van der Waals surface area contributed by atoms with Crippen molar-refractivity contribution >= 4 is 5.91 Å². The summed E-state index contributed by atoms with van der Waals surface area (Å²) >= 11 is 0. The number of hydrazine groups is 1. The Hall–Kier alpha value is -1.46. The monoisotopic (exact) mass is 248 g/mol. The molecular weight excluding hydrogens is 228 g/mol. The van der Waals surface area contributed by atoms with Crippen LogP contribution in [0.1, 0.15) is 42.2 Å². The van der Waals surface area contributed by atoms with Gasteiger partial charge in [0.1, 0.15) is 0 Å². The predicted octanol–water partition coefficient (Wildman–Crippen LogP) is 1.06. The van der Waals surface area contributed by atoms with Crippen LogP contribution >= 0.6 is 0 Å². The van der Waals surface area contributed by atoms with E-state index < -0.39 is 0 Å². The number of nitrogens with two attached hydrogens (primary N) is 1. The highest BCUT2D eigenvalue weighted by atomic mass is 16.2. The quantitative estimate of drug-likeness (QED) is 0.475. The van der Waals surface area contributed by atoms with Crippen LogP contribution < -0.4 is 11.3 Å². The summed E-state index contributed by atoms with van der Waals surface area (Å²) in [5, 5.41) is 0. The maximum atomic E-state index is 11.3. The van der Waals surface area contributed by atoms with E-state index in [1.165, 1.54) is 19.3 Å². The van der Waals surface area contributed by atoms with Gasteiger partial charge in [-0.15, -0.1) is 0 Å². The van der Waals surface area contributed by atoms with E-state index in [0.717, 1.165) is 18.8 Å². The number of carbonyl (C=O) groups is 1. The van der Waals surface area contributed by atoms with Crippen molar-refractivity contribution < 1.29 is 4.79 Å². The minimum atomic E-state index is -0.304. The highest BCUT2D eigenvalue weighted by Crippen LogP contribution is 2.21. The second-order valence-corrected chi connectivity index (χ2v) is 4.69. The van der Waals surface area contributed by atoms with Crippen molar-refractivity contribution in [3.05, 3.63) is 29.6 Å². The number of aromatic nitrogens is 1. The SMILES string of the molecule is CCC1CCCN1Cc1ccc(C(=O)NN)cn1. The van der Waals surface area contributed by atoms with Crippen LogP contribution in [-0.2, 0) is 6.54 Å². The lowest BCUT2D eigenvalue weighted by molar-refractivity contribution is 0.0953. The minimum Gasteiger partial charge on any atom is -0.295 e. The van der Waals surface area contributed by atoms with Gasteiger partial charge in [0.05, 0.1) is 11.3 Å². The molecule has 1 aliphatic heterocycles. The van der Waals surface area contributed by atoms with E-state index in [2.05, 4.69) is 22.2 Å². The summed E-state index contributed by atoms with van der Waals surface area (Å²) in [6.07, 6.45) is 5.32. The molecule has 1 saturated heterocycles. The molecule has 0 radical (unpaired) electrons. The van der Waals surface area contributed by atoms with E-state index in [1.54, 1.807) is 12.3 Å². The molecule has 1 atom stereocenters. The fraction of sp³-hybridized carbons (Fsp3) is 0.538. The van der Waals surface area contributed by atoms with Gasteiger partial charge in [-0.1, -0.05) is 6.92 Å². The second kappa shape index (κ2) is 5.93. The van der Waals surface area contributed by atoms with Crippen molar-refractivity contribution in [2.24, 2.45) is 5.84 Å². The maximum Gasteiger partial charge on any atom is 0.266 e. The van der Waals surface area contributed by atoms with Gasteiger partial charge in [0.25, 0.3) is 5.91 Å². The normalized spacial score (nSPS) is 20.0. The summed E-state index contributed by atoms with van der Waals surface area (Å²) in [6, 6.07) is 4.34. The Morgan fingerprint density at radius 3 is 3.06 bits per heavy atom. The van der Waals surface area contributed by atoms with Gasteiger partial charge in [-0.25, -0.2) is 5.84 Å². The number of nitrogens with one attached hydrogen (secondary N) is 1. The van der Waals surface area contributed by atoms with Crippen molar-refractivity contribution in [2.75, 3.05) is 6.54 Å². The van der Waals surface area contributed by atoms with E-state index in [-0.39, 0.29) is 5.91 Å². The number of rotatable bonds is 4. The minimum absolute atomic E-state index is 0.304. The van der Waals surface area contributed by atoms with Gasteiger partial charge >= 0.3 is 0 Å². The lowest BCUT2D eigenvalue weighted by Gasteiger charge is -2.22. The van der Waals surface area contributed by atoms with Gasteiger partial charge in [0, 0.05) is 18.8 Å². The largest absolute Gasteiger partial charge is 0.295 e. The Morgan fingerprint density at radius 1 is 1.61 bits per heavy atom. The first-order chi connectivity index (χ1) is 8.74. The molecule has 3 N–H and O–H groups in total. The average Bonchev–Trinajstić information content (AvgIpc) is 2.86. The van der Waals surface area contributed by atoms with Crippen molar-refractivity contribution in [1.29, 1.82) is 0 Å². The number of nitrogen functional groups attached to an aromatic ring is 1. The zero-order valence-corrected chi connectivity index (χ0v) is 10.7. The third kappa shape index (κ3) is 2.86. The Labute approximate surface area is 107 Å². The predicted molar refractivity (Wildman–Crippen MR) is 69.6 cm³/mol. The first kappa shape index (κ1) is 13.0. The van der Waals surface area contributed by atoms with Crippen LogP contribution in [0.2, 0.25) is 0 Å². The summed E-state index contributed by atoms with van der Waals surface area (Å²) in [5.74, 6) is 4.77. The summed E-state index contributed by atoms with van der Waals surface area (Å²) < 4.78 is 0. The van der Waals surface area contributed by atoms with Crippen molar-refractivity contribution in [2.45, 2.75) is 38.8 Å². The summed E-state index contributed by atoms with van der Waals surface area (Å²) in [4.78, 5) is 18.1. The first-order valence-corrected chi connectivity index (χ1v) is 6.44. The van der Waals surface area contributed by atoms with Gasteiger partial charge in [-0.05, 0) is 37.9 Å². The third-order valence-electron chi connectivity index (χ3n) is 3.55. The van der Waals surface area contributed by atoms with Crippen LogP contribution in [0, 0.1) is 0 Å². The number of hydrogen-bond acceptors (Lipinski definition) is 4. The first-order valence-electron chi connectivity index (χ1n) is 6.44. The molecule has 2 rings (SSSR count). The Morgan fingerprint density at radius 2 is 2.44 bits per heavy atom. The zero-order valence-electron chi connectivity index (χ0n) is 10.7. The van der Waals surface area contributed by atoms with Crippen LogP contribution in [0.25, 0.3) is 0 Å². The molecule has 98 valence electrons. The Balaban J connectivity index is 2.00. The summed E-state index contributed by atoms with van der Waals surface area (Å²) in [5.41, 5.74) is 3.60. The number of likely N-dealkylation sites (tertiary alicyclic amines) is 1. The molecule has 0 saturated carbocycles. The topological polar surface area (TPSA) is 71.2 Å².